The molecule has 0 fully saturated rings. The Balaban J connectivity index is 2.08. The van der Waals surface area contributed by atoms with Crippen LogP contribution in [-0.2, 0) is 11.2 Å². The molecule has 0 spiro atoms. The van der Waals surface area contributed by atoms with Crippen LogP contribution in [0.5, 0.6) is 0 Å². The van der Waals surface area contributed by atoms with Crippen molar-refractivity contribution in [1.29, 1.82) is 0 Å². The highest BCUT2D eigenvalue weighted by atomic mass is 16.5. The van der Waals surface area contributed by atoms with Crippen molar-refractivity contribution in [3.63, 3.8) is 0 Å². The molecular weight excluding hydrogens is 198 g/mol. The van der Waals surface area contributed by atoms with Gasteiger partial charge in [-0.2, -0.15) is 0 Å². The van der Waals surface area contributed by atoms with Gasteiger partial charge in [-0.25, -0.2) is 0 Å². The maximum atomic E-state index is 5.14. The van der Waals surface area contributed by atoms with E-state index in [1.807, 2.05) is 0 Å². The molecule has 1 aliphatic rings. The van der Waals surface area contributed by atoms with Crippen LogP contribution in [0.25, 0.3) is 0 Å². The summed E-state index contributed by atoms with van der Waals surface area (Å²) in [6, 6.07) is 9.44. The molecule has 1 unspecified atom stereocenters. The van der Waals surface area contributed by atoms with Crippen molar-refractivity contribution in [2.24, 2.45) is 0 Å². The lowest BCUT2D eigenvalue weighted by molar-refractivity contribution is 0.189. The van der Waals surface area contributed by atoms with Crippen LogP contribution in [0.3, 0.4) is 0 Å². The Morgan fingerprint density at radius 3 is 2.94 bits per heavy atom. The molecule has 16 heavy (non-hydrogen) atoms. The van der Waals surface area contributed by atoms with Gasteiger partial charge in [-0.15, -0.1) is 0 Å². The summed E-state index contributed by atoms with van der Waals surface area (Å²) in [5.41, 5.74) is 3.06. The van der Waals surface area contributed by atoms with Gasteiger partial charge in [0.05, 0.1) is 0 Å². The zero-order valence-corrected chi connectivity index (χ0v) is 10.2. The lowest BCUT2D eigenvalue weighted by Crippen LogP contribution is -2.29. The summed E-state index contributed by atoms with van der Waals surface area (Å²) in [5, 5.41) is 3.45. The summed E-state index contributed by atoms with van der Waals surface area (Å²) in [7, 11) is 3.85. The van der Waals surface area contributed by atoms with Crippen LogP contribution in [0.1, 0.15) is 29.9 Å². The minimum atomic E-state index is 0.606. The van der Waals surface area contributed by atoms with Crippen molar-refractivity contribution in [3.8, 4) is 0 Å². The van der Waals surface area contributed by atoms with E-state index in [-0.39, 0.29) is 0 Å². The predicted octanol–water partition coefficient (Wildman–Crippen LogP) is 2.34. The van der Waals surface area contributed by atoms with E-state index in [1.54, 1.807) is 7.11 Å². The number of benzene rings is 1. The fourth-order valence-electron chi connectivity index (χ4n) is 2.79. The monoisotopic (exact) mass is 219 g/mol. The predicted molar refractivity (Wildman–Crippen MR) is 66.8 cm³/mol. The molecule has 0 bridgehead atoms. The molecule has 2 heteroatoms. The van der Waals surface area contributed by atoms with E-state index in [9.17, 15) is 0 Å². The first-order valence-electron chi connectivity index (χ1n) is 6.11. The van der Waals surface area contributed by atoms with E-state index in [1.165, 1.54) is 24.0 Å². The average Bonchev–Trinajstić information content (AvgIpc) is 2.68. The molecule has 0 saturated heterocycles. The third-order valence-electron chi connectivity index (χ3n) is 3.61. The van der Waals surface area contributed by atoms with Gasteiger partial charge >= 0.3 is 0 Å². The fraction of sp³-hybridized carbons (Fsp3) is 0.571. The number of likely N-dealkylation sites (N-methyl/N-ethyl adjacent to an activating group) is 1. The summed E-state index contributed by atoms with van der Waals surface area (Å²) in [6.07, 6.45) is 3.54. The van der Waals surface area contributed by atoms with Gasteiger partial charge in [-0.05, 0) is 43.4 Å². The molecule has 1 aromatic rings. The molecule has 88 valence electrons. The highest BCUT2D eigenvalue weighted by molar-refractivity contribution is 5.37. The Bertz CT molecular complexity index is 337. The first-order valence-corrected chi connectivity index (χ1v) is 6.11. The quantitative estimate of drug-likeness (QED) is 0.767. The molecule has 0 saturated carbocycles. The number of hydrogen-bond donors (Lipinski definition) is 1. The number of methoxy groups -OCH3 is 1. The van der Waals surface area contributed by atoms with E-state index in [0.29, 0.717) is 12.0 Å². The van der Waals surface area contributed by atoms with Crippen molar-refractivity contribution in [1.82, 2.24) is 5.32 Å². The Hall–Kier alpha value is -0.860. The summed E-state index contributed by atoms with van der Waals surface area (Å²) in [4.78, 5) is 0. The van der Waals surface area contributed by atoms with Crippen LogP contribution < -0.4 is 5.32 Å². The highest BCUT2D eigenvalue weighted by Crippen LogP contribution is 2.36. The van der Waals surface area contributed by atoms with Gasteiger partial charge in [-0.1, -0.05) is 24.3 Å². The summed E-state index contributed by atoms with van der Waals surface area (Å²) in [5.74, 6) is 0.663. The Morgan fingerprint density at radius 1 is 1.38 bits per heavy atom. The minimum Gasteiger partial charge on any atom is -0.385 e. The van der Waals surface area contributed by atoms with Gasteiger partial charge in [0.1, 0.15) is 0 Å². The molecular formula is C14H21NO. The highest BCUT2D eigenvalue weighted by Gasteiger charge is 2.30. The number of fused-ring (bicyclic) bond motifs is 1. The topological polar surface area (TPSA) is 21.3 Å². The van der Waals surface area contributed by atoms with Gasteiger partial charge in [0.15, 0.2) is 0 Å². The molecule has 0 heterocycles. The number of rotatable bonds is 5. The first kappa shape index (κ1) is 11.6. The molecule has 1 aromatic carbocycles. The summed E-state index contributed by atoms with van der Waals surface area (Å²) in [6.45, 7) is 0.870. The van der Waals surface area contributed by atoms with Crippen LogP contribution in [0, 0.1) is 0 Å². The second-order valence-electron chi connectivity index (χ2n) is 4.54. The zero-order chi connectivity index (χ0) is 11.4. The van der Waals surface area contributed by atoms with E-state index < -0.39 is 0 Å². The third kappa shape index (κ3) is 2.28. The van der Waals surface area contributed by atoms with Crippen molar-refractivity contribution in [2.45, 2.75) is 31.2 Å². The summed E-state index contributed by atoms with van der Waals surface area (Å²) >= 11 is 0. The van der Waals surface area contributed by atoms with Crippen LogP contribution in [0.2, 0.25) is 0 Å². The zero-order valence-electron chi connectivity index (χ0n) is 10.2. The second kappa shape index (κ2) is 5.46. The lowest BCUT2D eigenvalue weighted by atomic mass is 9.93. The Labute approximate surface area is 98.0 Å². The smallest absolute Gasteiger partial charge is 0.0462 e. The van der Waals surface area contributed by atoms with Gasteiger partial charge in [-0.3, -0.25) is 0 Å². The van der Waals surface area contributed by atoms with Crippen LogP contribution in [-0.4, -0.2) is 26.8 Å². The van der Waals surface area contributed by atoms with Crippen LogP contribution in [0.15, 0.2) is 24.3 Å². The minimum absolute atomic E-state index is 0.606. The third-order valence-corrected chi connectivity index (χ3v) is 3.61. The van der Waals surface area contributed by atoms with E-state index in [2.05, 4.69) is 36.6 Å². The van der Waals surface area contributed by atoms with Gasteiger partial charge in [0.25, 0.3) is 0 Å². The Morgan fingerprint density at radius 2 is 2.19 bits per heavy atom. The molecule has 2 rings (SSSR count). The van der Waals surface area contributed by atoms with E-state index >= 15 is 0 Å². The van der Waals surface area contributed by atoms with Crippen molar-refractivity contribution in [2.75, 3.05) is 20.8 Å². The SMILES string of the molecule is CNC1Cc2ccccc2[C@H]1CCCOC. The maximum absolute atomic E-state index is 5.14. The van der Waals surface area contributed by atoms with Gasteiger partial charge in [0, 0.05) is 19.8 Å². The van der Waals surface area contributed by atoms with Crippen molar-refractivity contribution in [3.05, 3.63) is 35.4 Å². The first-order chi connectivity index (χ1) is 7.86. The van der Waals surface area contributed by atoms with E-state index in [0.717, 1.165) is 13.0 Å². The fourth-order valence-corrected chi connectivity index (χ4v) is 2.79. The maximum Gasteiger partial charge on any atom is 0.0462 e. The largest absolute Gasteiger partial charge is 0.385 e. The second-order valence-corrected chi connectivity index (χ2v) is 4.54. The molecule has 0 aliphatic heterocycles. The number of nitrogens with one attached hydrogen (secondary N) is 1. The van der Waals surface area contributed by atoms with Crippen LogP contribution >= 0.6 is 0 Å². The van der Waals surface area contributed by atoms with Crippen LogP contribution in [0.4, 0.5) is 0 Å². The normalized spacial score (nSPS) is 23.4. The molecule has 2 nitrogen and oxygen atoms in total. The Kier molecular flexibility index (Phi) is 3.97. The molecule has 2 atom stereocenters. The number of ether oxygens (including phenoxy) is 1. The lowest BCUT2D eigenvalue weighted by Gasteiger charge is -2.19. The van der Waals surface area contributed by atoms with Gasteiger partial charge in [0.2, 0.25) is 0 Å². The van der Waals surface area contributed by atoms with E-state index in [4.69, 9.17) is 4.74 Å². The summed E-state index contributed by atoms with van der Waals surface area (Å²) < 4.78 is 5.14. The van der Waals surface area contributed by atoms with Crippen molar-refractivity contribution >= 4 is 0 Å². The number of hydrogen-bond acceptors (Lipinski definition) is 2. The molecule has 1 N–H and O–H groups in total. The average molecular weight is 219 g/mol. The molecule has 0 aromatic heterocycles. The standard InChI is InChI=1S/C14H21NO/c1-15-14-10-11-6-3-4-7-12(11)13(14)8-5-9-16-2/h3-4,6-7,13-15H,5,8-10H2,1-2H3/t13-,14?/m1/s1. The van der Waals surface area contributed by atoms with Crippen molar-refractivity contribution < 1.29 is 4.74 Å². The molecule has 0 radical (unpaired) electrons. The van der Waals surface area contributed by atoms with Gasteiger partial charge < -0.3 is 10.1 Å². The molecule has 0 amide bonds. The molecule has 1 aliphatic carbocycles.